The van der Waals surface area contributed by atoms with Crippen LogP contribution in [0.25, 0.3) is 0 Å². The molecule has 0 aromatic carbocycles. The molecule has 0 amide bonds. The average Bonchev–Trinajstić information content (AvgIpc) is 2.70. The first-order valence-electron chi connectivity index (χ1n) is 10.4. The van der Waals surface area contributed by atoms with E-state index >= 15 is 0 Å². The van der Waals surface area contributed by atoms with Gasteiger partial charge in [0, 0.05) is 17.4 Å². The molecule has 1 rings (SSSR count). The second-order valence-electron chi connectivity index (χ2n) is 7.94. The van der Waals surface area contributed by atoms with E-state index in [0.29, 0.717) is 12.8 Å². The molecule has 0 aromatic heterocycles. The maximum Gasteiger partial charge on any atom is 0.327 e. The lowest BCUT2D eigenvalue weighted by Gasteiger charge is -2.33. The molecule has 5 nitrogen and oxygen atoms in total. The summed E-state index contributed by atoms with van der Waals surface area (Å²) in [6.45, 7) is 7.35. The fourth-order valence-electron chi connectivity index (χ4n) is 3.56. The Labute approximate surface area is 179 Å². The second kappa shape index (κ2) is 12.5. The number of aliphatic hydroxyl groups excluding tert-OH is 1. The van der Waals surface area contributed by atoms with Crippen LogP contribution in [0.4, 0.5) is 4.39 Å². The molecule has 0 heterocycles. The van der Waals surface area contributed by atoms with Gasteiger partial charge in [0.15, 0.2) is 5.76 Å². The molecular formula is C24H35FO5. The molecule has 0 saturated heterocycles. The Kier molecular flexibility index (Phi) is 10.7. The van der Waals surface area contributed by atoms with E-state index in [9.17, 15) is 19.1 Å². The van der Waals surface area contributed by atoms with E-state index in [4.69, 9.17) is 9.47 Å². The number of ketones is 1. The highest BCUT2D eigenvalue weighted by molar-refractivity contribution is 5.97. The summed E-state index contributed by atoms with van der Waals surface area (Å²) in [5, 5.41) is 10.6. The quantitative estimate of drug-likeness (QED) is 0.289. The smallest absolute Gasteiger partial charge is 0.327 e. The lowest BCUT2D eigenvalue weighted by Crippen LogP contribution is -2.40. The molecule has 1 aliphatic carbocycles. The van der Waals surface area contributed by atoms with Crippen molar-refractivity contribution >= 4 is 11.8 Å². The molecule has 0 spiro atoms. The van der Waals surface area contributed by atoms with Gasteiger partial charge >= 0.3 is 6.04 Å². The molecule has 1 aliphatic rings. The van der Waals surface area contributed by atoms with E-state index in [2.05, 4.69) is 12.2 Å². The summed E-state index contributed by atoms with van der Waals surface area (Å²) in [5.41, 5.74) is 2.54. The van der Waals surface area contributed by atoms with Gasteiger partial charge in [-0.05, 0) is 52.9 Å². The van der Waals surface area contributed by atoms with Crippen molar-refractivity contribution < 1.29 is 28.6 Å². The largest absolute Gasteiger partial charge is 0.494 e. The molecule has 6 heteroatoms. The lowest BCUT2D eigenvalue weighted by atomic mass is 9.77. The average molecular weight is 423 g/mol. The maximum atomic E-state index is 12.5. The van der Waals surface area contributed by atoms with Gasteiger partial charge in [-0.1, -0.05) is 36.3 Å². The fraction of sp³-hybridized carbons (Fsp3) is 0.583. The first-order valence-corrected chi connectivity index (χ1v) is 10.4. The third kappa shape index (κ3) is 7.24. The van der Waals surface area contributed by atoms with Gasteiger partial charge in [0.1, 0.15) is 6.10 Å². The number of carbonyl (C=O) groups excluding carboxylic acids is 2. The van der Waals surface area contributed by atoms with E-state index in [1.165, 1.54) is 32.3 Å². The van der Waals surface area contributed by atoms with Crippen molar-refractivity contribution in [1.29, 1.82) is 0 Å². The third-order valence-corrected chi connectivity index (χ3v) is 5.67. The van der Waals surface area contributed by atoms with E-state index in [1.807, 2.05) is 20.8 Å². The van der Waals surface area contributed by atoms with Crippen molar-refractivity contribution in [2.24, 2.45) is 11.8 Å². The lowest BCUT2D eigenvalue weighted by molar-refractivity contribution is -0.128. The Morgan fingerprint density at radius 1 is 1.03 bits per heavy atom. The van der Waals surface area contributed by atoms with Gasteiger partial charge in [0.05, 0.1) is 14.2 Å². The zero-order chi connectivity index (χ0) is 22.8. The van der Waals surface area contributed by atoms with Crippen LogP contribution in [0.15, 0.2) is 46.5 Å². The minimum atomic E-state index is -1.37. The number of allylic oxidation sites excluding steroid dienone is 7. The van der Waals surface area contributed by atoms with Gasteiger partial charge in [-0.25, -0.2) is 0 Å². The number of Topliss-reactive ketones (excluding diaryl/α,β-unsaturated/α-hetero) is 1. The Morgan fingerprint density at radius 2 is 1.60 bits per heavy atom. The topological polar surface area (TPSA) is 72.8 Å². The van der Waals surface area contributed by atoms with Crippen LogP contribution in [0.1, 0.15) is 59.8 Å². The molecule has 0 aromatic rings. The maximum absolute atomic E-state index is 12.5. The molecule has 168 valence electrons. The van der Waals surface area contributed by atoms with Gasteiger partial charge in [-0.3, -0.25) is 9.59 Å². The minimum Gasteiger partial charge on any atom is -0.494 e. The summed E-state index contributed by atoms with van der Waals surface area (Å²) in [5.74, 6) is -0.447. The summed E-state index contributed by atoms with van der Waals surface area (Å²) in [4.78, 5) is 23.1. The van der Waals surface area contributed by atoms with Gasteiger partial charge in [-0.2, -0.15) is 4.39 Å². The molecule has 0 aliphatic heterocycles. The number of ether oxygens (including phenoxy) is 2. The standard InChI is InChI=1S/C24H35FO5/c1-15(11-8-12-17(3)24(25)28)9-7-10-16(2)13-14-19-18(4)20(26)22(29-5)23(30-6)21(19)27/h9,12-13,18-19,21,27H,7-8,10-11,14H2,1-6H3/b15-9+,16-13+,17-12+. The highest BCUT2D eigenvalue weighted by atomic mass is 19.1. The van der Waals surface area contributed by atoms with Crippen molar-refractivity contribution in [3.05, 3.63) is 46.5 Å². The fourth-order valence-corrected chi connectivity index (χ4v) is 3.56. The van der Waals surface area contributed by atoms with Crippen molar-refractivity contribution in [3.8, 4) is 0 Å². The van der Waals surface area contributed by atoms with E-state index in [-0.39, 0.29) is 34.7 Å². The van der Waals surface area contributed by atoms with Gasteiger partial charge in [-0.15, -0.1) is 0 Å². The second-order valence-corrected chi connectivity index (χ2v) is 7.94. The Balaban J connectivity index is 2.61. The minimum absolute atomic E-state index is 0.107. The highest BCUT2D eigenvalue weighted by Gasteiger charge is 2.42. The molecule has 30 heavy (non-hydrogen) atoms. The monoisotopic (exact) mass is 422 g/mol. The van der Waals surface area contributed by atoms with Crippen LogP contribution in [-0.2, 0) is 19.1 Å². The predicted molar refractivity (Wildman–Crippen MR) is 115 cm³/mol. The summed E-state index contributed by atoms with van der Waals surface area (Å²) in [7, 11) is 2.84. The van der Waals surface area contributed by atoms with Gasteiger partial charge < -0.3 is 14.6 Å². The molecular weight excluding hydrogens is 387 g/mol. The zero-order valence-electron chi connectivity index (χ0n) is 19.0. The van der Waals surface area contributed by atoms with Gasteiger partial charge in [0.25, 0.3) is 0 Å². The van der Waals surface area contributed by atoms with Crippen molar-refractivity contribution in [3.63, 3.8) is 0 Å². The highest BCUT2D eigenvalue weighted by Crippen LogP contribution is 2.35. The Bertz CT molecular complexity index is 745. The number of hydrogen-bond donors (Lipinski definition) is 1. The van der Waals surface area contributed by atoms with Crippen LogP contribution in [0, 0.1) is 11.8 Å². The molecule has 0 fully saturated rings. The third-order valence-electron chi connectivity index (χ3n) is 5.67. The van der Waals surface area contributed by atoms with Crippen LogP contribution in [0.5, 0.6) is 0 Å². The summed E-state index contributed by atoms with van der Waals surface area (Å²) in [6.07, 6.45) is 8.72. The number of aliphatic hydroxyl groups is 1. The zero-order valence-corrected chi connectivity index (χ0v) is 19.0. The number of hydrogen-bond acceptors (Lipinski definition) is 5. The van der Waals surface area contributed by atoms with E-state index in [1.54, 1.807) is 6.08 Å². The first-order chi connectivity index (χ1) is 14.1. The predicted octanol–water partition coefficient (Wildman–Crippen LogP) is 4.97. The van der Waals surface area contributed by atoms with Crippen molar-refractivity contribution in [2.75, 3.05) is 14.2 Å². The van der Waals surface area contributed by atoms with Crippen LogP contribution in [-0.4, -0.2) is 37.3 Å². The van der Waals surface area contributed by atoms with Crippen LogP contribution < -0.4 is 0 Å². The number of methoxy groups -OCH3 is 2. The molecule has 0 saturated carbocycles. The summed E-state index contributed by atoms with van der Waals surface area (Å²) in [6, 6.07) is -1.37. The summed E-state index contributed by atoms with van der Waals surface area (Å²) < 4.78 is 22.8. The Hall–Kier alpha value is -2.21. The SMILES string of the molecule is COC1=C(OC)C(O)C(C/C=C(\C)CC/C=C(\C)CC/C=C(\C)C(=O)F)C(C)C1=O. The first kappa shape index (κ1) is 25.8. The van der Waals surface area contributed by atoms with Crippen LogP contribution in [0.3, 0.4) is 0 Å². The molecule has 3 unspecified atom stereocenters. The van der Waals surface area contributed by atoms with Gasteiger partial charge in [0.2, 0.25) is 11.5 Å². The van der Waals surface area contributed by atoms with Crippen molar-refractivity contribution in [1.82, 2.24) is 0 Å². The van der Waals surface area contributed by atoms with Crippen LogP contribution in [0.2, 0.25) is 0 Å². The normalized spacial score (nSPS) is 23.7. The van der Waals surface area contributed by atoms with E-state index < -0.39 is 12.1 Å². The molecule has 0 radical (unpaired) electrons. The van der Waals surface area contributed by atoms with E-state index in [0.717, 1.165) is 19.3 Å². The molecule has 3 atom stereocenters. The summed E-state index contributed by atoms with van der Waals surface area (Å²) >= 11 is 0. The number of carbonyl (C=O) groups is 2. The van der Waals surface area contributed by atoms with Crippen LogP contribution >= 0.6 is 0 Å². The number of halogens is 1. The Morgan fingerprint density at radius 3 is 2.13 bits per heavy atom. The molecule has 1 N–H and O–H groups in total. The number of rotatable bonds is 11. The molecule has 0 bridgehead atoms. The van der Waals surface area contributed by atoms with Crippen molar-refractivity contribution in [2.45, 2.75) is 65.9 Å².